The summed E-state index contributed by atoms with van der Waals surface area (Å²) in [6.07, 6.45) is 0. The Hall–Kier alpha value is -1.71. The molecule has 1 amide bonds. The van der Waals surface area contributed by atoms with Crippen molar-refractivity contribution < 1.29 is 4.79 Å². The quantitative estimate of drug-likeness (QED) is 0.590. The Morgan fingerprint density at radius 1 is 1.36 bits per heavy atom. The fourth-order valence-electron chi connectivity index (χ4n) is 1.30. The van der Waals surface area contributed by atoms with Gasteiger partial charge in [0.15, 0.2) is 0 Å². The molecule has 4 nitrogen and oxygen atoms in total. The Morgan fingerprint density at radius 2 is 1.93 bits per heavy atom. The predicted molar refractivity (Wildman–Crippen MR) is 59.0 cm³/mol. The summed E-state index contributed by atoms with van der Waals surface area (Å²) in [7, 11) is 0. The Bertz CT molecular complexity index is 359. The van der Waals surface area contributed by atoms with Crippen molar-refractivity contribution in [3.05, 3.63) is 17.2 Å². The van der Waals surface area contributed by atoms with E-state index in [0.29, 0.717) is 17.1 Å². The minimum absolute atomic E-state index is 0.148. The van der Waals surface area contributed by atoms with Gasteiger partial charge in [0.1, 0.15) is 0 Å². The molecule has 0 atom stereocenters. The van der Waals surface area contributed by atoms with E-state index in [0.717, 1.165) is 11.1 Å². The summed E-state index contributed by atoms with van der Waals surface area (Å²) in [6.45, 7) is 5.13. The molecule has 14 heavy (non-hydrogen) atoms. The van der Waals surface area contributed by atoms with E-state index in [9.17, 15) is 4.79 Å². The van der Waals surface area contributed by atoms with Crippen LogP contribution in [0.15, 0.2) is 6.07 Å². The van der Waals surface area contributed by atoms with Gasteiger partial charge in [-0.15, -0.1) is 0 Å². The molecule has 0 spiro atoms. The molecule has 0 unspecified atom stereocenters. The lowest BCUT2D eigenvalue weighted by Gasteiger charge is -2.14. The van der Waals surface area contributed by atoms with Gasteiger partial charge in [-0.25, -0.2) is 0 Å². The first-order valence-electron chi connectivity index (χ1n) is 4.36. The number of rotatable bonds is 1. The molecule has 4 heteroatoms. The zero-order valence-electron chi connectivity index (χ0n) is 8.64. The van der Waals surface area contributed by atoms with E-state index in [1.165, 1.54) is 6.92 Å². The Balaban J connectivity index is 3.31. The van der Waals surface area contributed by atoms with Gasteiger partial charge in [0.2, 0.25) is 5.91 Å². The minimum atomic E-state index is -0.148. The average Bonchev–Trinajstić information content (AvgIpc) is 2.09. The maximum Gasteiger partial charge on any atom is 0.221 e. The molecule has 0 saturated carbocycles. The minimum Gasteiger partial charge on any atom is -0.398 e. The monoisotopic (exact) mass is 193 g/mol. The maximum atomic E-state index is 10.9. The predicted octanol–water partition coefficient (Wildman–Crippen LogP) is 1.43. The van der Waals surface area contributed by atoms with Gasteiger partial charge >= 0.3 is 0 Å². The lowest BCUT2D eigenvalue weighted by molar-refractivity contribution is -0.114. The van der Waals surface area contributed by atoms with Crippen LogP contribution in [0.5, 0.6) is 0 Å². The largest absolute Gasteiger partial charge is 0.398 e. The van der Waals surface area contributed by atoms with Crippen molar-refractivity contribution >= 4 is 23.0 Å². The van der Waals surface area contributed by atoms with E-state index in [4.69, 9.17) is 11.5 Å². The second-order valence-electron chi connectivity index (χ2n) is 3.38. The Morgan fingerprint density at radius 3 is 2.43 bits per heavy atom. The van der Waals surface area contributed by atoms with Gasteiger partial charge in [-0.05, 0) is 31.0 Å². The average molecular weight is 193 g/mol. The lowest BCUT2D eigenvalue weighted by Crippen LogP contribution is -2.11. The number of benzene rings is 1. The van der Waals surface area contributed by atoms with Crippen molar-refractivity contribution in [3.63, 3.8) is 0 Å². The third kappa shape index (κ3) is 1.79. The number of carbonyl (C=O) groups is 1. The summed E-state index contributed by atoms with van der Waals surface area (Å²) >= 11 is 0. The molecular weight excluding hydrogens is 178 g/mol. The number of nitrogens with two attached hydrogens (primary N) is 2. The maximum absolute atomic E-state index is 10.9. The fourth-order valence-corrected chi connectivity index (χ4v) is 1.30. The molecule has 0 bridgehead atoms. The summed E-state index contributed by atoms with van der Waals surface area (Å²) in [5.41, 5.74) is 15.1. The first-order chi connectivity index (χ1) is 6.43. The first kappa shape index (κ1) is 10.4. The highest BCUT2D eigenvalue weighted by Gasteiger charge is 2.10. The number of nitrogens with one attached hydrogen (secondary N) is 1. The number of aryl methyl sites for hydroxylation is 1. The van der Waals surface area contributed by atoms with Gasteiger partial charge in [0, 0.05) is 12.6 Å². The van der Waals surface area contributed by atoms with E-state index < -0.39 is 0 Å². The van der Waals surface area contributed by atoms with Crippen molar-refractivity contribution in [3.8, 4) is 0 Å². The Labute approximate surface area is 83.3 Å². The van der Waals surface area contributed by atoms with Crippen LogP contribution in [0.4, 0.5) is 17.1 Å². The van der Waals surface area contributed by atoms with Crippen LogP contribution >= 0.6 is 0 Å². The highest BCUT2D eigenvalue weighted by molar-refractivity contribution is 5.95. The van der Waals surface area contributed by atoms with Crippen LogP contribution in [0, 0.1) is 13.8 Å². The topological polar surface area (TPSA) is 81.1 Å². The van der Waals surface area contributed by atoms with Crippen molar-refractivity contribution in [2.24, 2.45) is 0 Å². The standard InChI is InChI=1S/C10H15N3O/c1-5-4-8(11)6(2)10(9(5)12)13-7(3)14/h4H,11-12H2,1-3H3,(H,13,14). The zero-order chi connectivity index (χ0) is 10.9. The molecule has 0 fully saturated rings. The molecule has 0 aliphatic carbocycles. The summed E-state index contributed by atoms with van der Waals surface area (Å²) in [5, 5.41) is 2.68. The molecule has 1 aromatic carbocycles. The van der Waals surface area contributed by atoms with E-state index >= 15 is 0 Å². The van der Waals surface area contributed by atoms with Gasteiger partial charge in [0.05, 0.1) is 11.4 Å². The van der Waals surface area contributed by atoms with Gasteiger partial charge in [-0.2, -0.15) is 0 Å². The zero-order valence-corrected chi connectivity index (χ0v) is 8.64. The first-order valence-corrected chi connectivity index (χ1v) is 4.36. The molecule has 0 heterocycles. The van der Waals surface area contributed by atoms with E-state index in [2.05, 4.69) is 5.32 Å². The van der Waals surface area contributed by atoms with Crippen molar-refractivity contribution in [2.45, 2.75) is 20.8 Å². The van der Waals surface area contributed by atoms with Gasteiger partial charge < -0.3 is 16.8 Å². The third-order valence-corrected chi connectivity index (χ3v) is 2.18. The van der Waals surface area contributed by atoms with Crippen molar-refractivity contribution in [1.29, 1.82) is 0 Å². The van der Waals surface area contributed by atoms with Crippen molar-refractivity contribution in [1.82, 2.24) is 0 Å². The second kappa shape index (κ2) is 3.57. The molecule has 0 saturated heterocycles. The van der Waals surface area contributed by atoms with Crippen LogP contribution in [0.3, 0.4) is 0 Å². The molecule has 5 N–H and O–H groups in total. The molecule has 1 rings (SSSR count). The van der Waals surface area contributed by atoms with E-state index in [1.807, 2.05) is 13.8 Å². The molecule has 0 aromatic heterocycles. The van der Waals surface area contributed by atoms with Crippen LogP contribution in [-0.4, -0.2) is 5.91 Å². The van der Waals surface area contributed by atoms with Gasteiger partial charge in [0.25, 0.3) is 0 Å². The lowest BCUT2D eigenvalue weighted by atomic mass is 10.1. The Kier molecular flexibility index (Phi) is 2.65. The SMILES string of the molecule is CC(=O)Nc1c(C)c(N)cc(C)c1N. The van der Waals surface area contributed by atoms with E-state index in [-0.39, 0.29) is 5.91 Å². The van der Waals surface area contributed by atoms with E-state index in [1.54, 1.807) is 6.07 Å². The number of nitrogen functional groups attached to an aromatic ring is 2. The molecule has 0 aliphatic heterocycles. The number of hydrogen-bond donors (Lipinski definition) is 3. The molecule has 0 aliphatic rings. The normalized spacial score (nSPS) is 9.93. The van der Waals surface area contributed by atoms with Crippen molar-refractivity contribution in [2.75, 3.05) is 16.8 Å². The molecule has 76 valence electrons. The number of hydrogen-bond acceptors (Lipinski definition) is 3. The van der Waals surface area contributed by atoms with Crippen LogP contribution in [-0.2, 0) is 4.79 Å². The summed E-state index contributed by atoms with van der Waals surface area (Å²) in [4.78, 5) is 10.9. The van der Waals surface area contributed by atoms with Crippen LogP contribution in [0.1, 0.15) is 18.1 Å². The van der Waals surface area contributed by atoms with Crippen LogP contribution in [0.25, 0.3) is 0 Å². The second-order valence-corrected chi connectivity index (χ2v) is 3.38. The van der Waals surface area contributed by atoms with Crippen LogP contribution < -0.4 is 16.8 Å². The summed E-state index contributed by atoms with van der Waals surface area (Å²) in [5.74, 6) is -0.148. The van der Waals surface area contributed by atoms with Gasteiger partial charge in [-0.1, -0.05) is 0 Å². The summed E-state index contributed by atoms with van der Waals surface area (Å²) < 4.78 is 0. The third-order valence-electron chi connectivity index (χ3n) is 2.18. The molecule has 1 aromatic rings. The summed E-state index contributed by atoms with van der Waals surface area (Å²) in [6, 6.07) is 1.80. The van der Waals surface area contributed by atoms with Gasteiger partial charge in [-0.3, -0.25) is 4.79 Å². The highest BCUT2D eigenvalue weighted by atomic mass is 16.1. The molecule has 0 radical (unpaired) electrons. The molecular formula is C10H15N3O. The number of carbonyl (C=O) groups excluding carboxylic acids is 1. The highest BCUT2D eigenvalue weighted by Crippen LogP contribution is 2.31. The van der Waals surface area contributed by atoms with Crippen LogP contribution in [0.2, 0.25) is 0 Å². The smallest absolute Gasteiger partial charge is 0.221 e. The number of amides is 1. The fraction of sp³-hybridized carbons (Fsp3) is 0.300. The number of anilines is 3.